The molecule has 0 saturated carbocycles. The first kappa shape index (κ1) is 14.9. The molecule has 106 valence electrons. The number of carbonyl (C=O) groups excluding carboxylic acids is 1. The third kappa shape index (κ3) is 4.26. The molecule has 0 atom stereocenters. The van der Waals surface area contributed by atoms with E-state index in [0.717, 1.165) is 16.3 Å². The lowest BCUT2D eigenvalue weighted by Gasteiger charge is -2.01. The maximum atomic E-state index is 11.5. The van der Waals surface area contributed by atoms with Gasteiger partial charge in [0.1, 0.15) is 5.01 Å². The molecular weight excluding hydrogens is 282 g/mol. The Morgan fingerprint density at radius 1 is 1.43 bits per heavy atom. The Morgan fingerprint density at radius 3 is 2.86 bits per heavy atom. The van der Waals surface area contributed by atoms with E-state index in [1.807, 2.05) is 17.5 Å². The number of nitrogens with zero attached hydrogens (tertiary/aromatic N) is 2. The second-order valence-electron chi connectivity index (χ2n) is 4.42. The average Bonchev–Trinajstić information content (AvgIpc) is 3.00. The molecule has 0 aliphatic rings. The highest BCUT2D eigenvalue weighted by atomic mass is 32.1. The van der Waals surface area contributed by atoms with Crippen molar-refractivity contribution in [3.05, 3.63) is 52.9 Å². The van der Waals surface area contributed by atoms with E-state index in [1.165, 1.54) is 11.3 Å². The minimum Gasteiger partial charge on any atom is -0.350 e. The number of nitriles is 1. The summed E-state index contributed by atoms with van der Waals surface area (Å²) in [6.07, 6.45) is 2.86. The van der Waals surface area contributed by atoms with Gasteiger partial charge >= 0.3 is 0 Å². The molecule has 1 heterocycles. The van der Waals surface area contributed by atoms with Crippen LogP contribution < -0.4 is 5.32 Å². The van der Waals surface area contributed by atoms with Crippen LogP contribution in [0.25, 0.3) is 11.3 Å². The van der Waals surface area contributed by atoms with E-state index in [9.17, 15) is 4.79 Å². The highest BCUT2D eigenvalue weighted by Crippen LogP contribution is 2.22. The fourth-order valence-corrected chi connectivity index (χ4v) is 2.48. The molecule has 0 unspecified atom stereocenters. The molecule has 2 aromatic rings. The van der Waals surface area contributed by atoms with Gasteiger partial charge in [-0.1, -0.05) is 18.2 Å². The van der Waals surface area contributed by atoms with Crippen LogP contribution in [0.4, 0.5) is 0 Å². The van der Waals surface area contributed by atoms with Crippen LogP contribution in [0, 0.1) is 11.3 Å². The summed E-state index contributed by atoms with van der Waals surface area (Å²) < 4.78 is 0. The average molecular weight is 297 g/mol. The number of hydrogen-bond acceptors (Lipinski definition) is 4. The lowest BCUT2D eigenvalue weighted by molar-refractivity contribution is -0.121. The molecule has 0 saturated heterocycles. The van der Waals surface area contributed by atoms with Crippen molar-refractivity contribution < 1.29 is 4.79 Å². The Labute approximate surface area is 127 Å². The summed E-state index contributed by atoms with van der Waals surface area (Å²) in [4.78, 5) is 16.0. The van der Waals surface area contributed by atoms with Gasteiger partial charge < -0.3 is 5.32 Å². The Hall–Kier alpha value is -2.45. The molecule has 1 aromatic carbocycles. The van der Waals surface area contributed by atoms with E-state index in [2.05, 4.69) is 22.9 Å². The number of amides is 1. The van der Waals surface area contributed by atoms with Crippen molar-refractivity contribution in [1.82, 2.24) is 10.3 Å². The van der Waals surface area contributed by atoms with Crippen molar-refractivity contribution in [2.75, 3.05) is 0 Å². The molecular formula is C16H15N3OS. The van der Waals surface area contributed by atoms with Crippen LogP contribution in [0.1, 0.15) is 23.4 Å². The number of benzene rings is 1. The molecule has 0 bridgehead atoms. The summed E-state index contributed by atoms with van der Waals surface area (Å²) in [7, 11) is 0. The van der Waals surface area contributed by atoms with E-state index >= 15 is 0 Å². The van der Waals surface area contributed by atoms with Gasteiger partial charge in [-0.2, -0.15) is 5.26 Å². The summed E-state index contributed by atoms with van der Waals surface area (Å²) >= 11 is 1.51. The molecule has 4 nitrogen and oxygen atoms in total. The molecule has 1 N–H and O–H groups in total. The van der Waals surface area contributed by atoms with Crippen LogP contribution in [0.2, 0.25) is 0 Å². The van der Waals surface area contributed by atoms with Gasteiger partial charge in [-0.3, -0.25) is 4.79 Å². The summed E-state index contributed by atoms with van der Waals surface area (Å²) in [6.45, 7) is 4.03. The van der Waals surface area contributed by atoms with Crippen LogP contribution in [-0.2, 0) is 11.3 Å². The van der Waals surface area contributed by atoms with Crippen LogP contribution >= 0.6 is 11.3 Å². The Bertz CT molecular complexity index is 668. The predicted molar refractivity (Wildman–Crippen MR) is 83.5 cm³/mol. The topological polar surface area (TPSA) is 65.8 Å². The monoisotopic (exact) mass is 297 g/mol. The molecule has 1 aromatic heterocycles. The molecule has 1 amide bonds. The number of thiazole rings is 1. The van der Waals surface area contributed by atoms with Gasteiger partial charge in [0.15, 0.2) is 0 Å². The summed E-state index contributed by atoms with van der Waals surface area (Å²) in [5, 5.41) is 14.4. The summed E-state index contributed by atoms with van der Waals surface area (Å²) in [5.74, 6) is 0.00465. The number of carbonyl (C=O) groups is 1. The number of hydrogen-bond donors (Lipinski definition) is 1. The fourth-order valence-electron chi connectivity index (χ4n) is 1.74. The normalized spacial score (nSPS) is 9.86. The first-order chi connectivity index (χ1) is 10.2. The highest BCUT2D eigenvalue weighted by molar-refractivity contribution is 7.09. The van der Waals surface area contributed by atoms with Crippen molar-refractivity contribution in [2.24, 2.45) is 0 Å². The van der Waals surface area contributed by atoms with E-state index in [-0.39, 0.29) is 5.91 Å². The third-order valence-electron chi connectivity index (χ3n) is 2.87. The number of allylic oxidation sites excluding steroid dienone is 1. The molecule has 21 heavy (non-hydrogen) atoms. The lowest BCUT2D eigenvalue weighted by atomic mass is 10.1. The van der Waals surface area contributed by atoms with Gasteiger partial charge in [0.2, 0.25) is 5.91 Å². The van der Waals surface area contributed by atoms with E-state index in [0.29, 0.717) is 24.9 Å². The number of nitrogens with one attached hydrogen (secondary N) is 1. The van der Waals surface area contributed by atoms with Gasteiger partial charge in [0, 0.05) is 17.4 Å². The zero-order valence-electron chi connectivity index (χ0n) is 11.5. The third-order valence-corrected chi connectivity index (χ3v) is 3.72. The number of rotatable bonds is 6. The van der Waals surface area contributed by atoms with Crippen molar-refractivity contribution in [1.29, 1.82) is 5.26 Å². The summed E-state index contributed by atoms with van der Waals surface area (Å²) in [6, 6.07) is 9.38. The lowest BCUT2D eigenvalue weighted by Crippen LogP contribution is -2.21. The zero-order chi connectivity index (χ0) is 15.1. The predicted octanol–water partition coefficient (Wildman–Crippen LogP) is 3.26. The zero-order valence-corrected chi connectivity index (χ0v) is 12.3. The quantitative estimate of drug-likeness (QED) is 0.832. The molecule has 2 rings (SSSR count). The Kier molecular flexibility index (Phi) is 5.24. The highest BCUT2D eigenvalue weighted by Gasteiger charge is 2.06. The van der Waals surface area contributed by atoms with E-state index in [1.54, 1.807) is 18.2 Å². The van der Waals surface area contributed by atoms with Gasteiger partial charge in [-0.05, 0) is 18.6 Å². The Morgan fingerprint density at radius 2 is 2.19 bits per heavy atom. The number of aromatic nitrogens is 1. The SMILES string of the molecule is C=CCCC(=O)NCc1nc(-c2ccc(C#N)cc2)cs1. The van der Waals surface area contributed by atoms with E-state index in [4.69, 9.17) is 5.26 Å². The molecule has 0 fully saturated rings. The van der Waals surface area contributed by atoms with Crippen LogP contribution in [-0.4, -0.2) is 10.9 Å². The molecule has 5 heteroatoms. The van der Waals surface area contributed by atoms with Gasteiger partial charge in [-0.15, -0.1) is 17.9 Å². The van der Waals surface area contributed by atoms with Crippen molar-refractivity contribution in [2.45, 2.75) is 19.4 Å². The van der Waals surface area contributed by atoms with Crippen molar-refractivity contribution in [3.8, 4) is 17.3 Å². The molecule has 0 aliphatic carbocycles. The van der Waals surface area contributed by atoms with Crippen LogP contribution in [0.15, 0.2) is 42.3 Å². The maximum absolute atomic E-state index is 11.5. The van der Waals surface area contributed by atoms with Gasteiger partial charge in [0.25, 0.3) is 0 Å². The Balaban J connectivity index is 1.96. The van der Waals surface area contributed by atoms with Crippen molar-refractivity contribution in [3.63, 3.8) is 0 Å². The summed E-state index contributed by atoms with van der Waals surface area (Å²) in [5.41, 5.74) is 2.46. The molecule has 0 spiro atoms. The maximum Gasteiger partial charge on any atom is 0.220 e. The largest absolute Gasteiger partial charge is 0.350 e. The second-order valence-corrected chi connectivity index (χ2v) is 5.36. The second kappa shape index (κ2) is 7.36. The van der Waals surface area contributed by atoms with Crippen molar-refractivity contribution >= 4 is 17.2 Å². The fraction of sp³-hybridized carbons (Fsp3) is 0.188. The van der Waals surface area contributed by atoms with Gasteiger partial charge in [-0.25, -0.2) is 4.98 Å². The van der Waals surface area contributed by atoms with Gasteiger partial charge in [0.05, 0.1) is 23.9 Å². The van der Waals surface area contributed by atoms with Crippen LogP contribution in [0.5, 0.6) is 0 Å². The molecule has 0 aliphatic heterocycles. The molecule has 0 radical (unpaired) electrons. The minimum absolute atomic E-state index is 0.00465. The first-order valence-electron chi connectivity index (χ1n) is 6.55. The minimum atomic E-state index is 0.00465. The smallest absolute Gasteiger partial charge is 0.220 e. The van der Waals surface area contributed by atoms with Crippen LogP contribution in [0.3, 0.4) is 0 Å². The van der Waals surface area contributed by atoms with E-state index < -0.39 is 0 Å². The standard InChI is InChI=1S/C16H15N3OS/c1-2-3-4-15(20)18-10-16-19-14(11-21-16)13-7-5-12(9-17)6-8-13/h2,5-8,11H,1,3-4,10H2,(H,18,20). The first-order valence-corrected chi connectivity index (χ1v) is 7.43.